The molecule has 0 spiro atoms. The zero-order valence-corrected chi connectivity index (χ0v) is 29.2. The molecule has 3 aromatic rings. The number of hydrogen-bond acceptors (Lipinski definition) is 4. The van der Waals surface area contributed by atoms with Crippen LogP contribution < -0.4 is 18.9 Å². The summed E-state index contributed by atoms with van der Waals surface area (Å²) in [4.78, 5) is 0. The van der Waals surface area contributed by atoms with Crippen LogP contribution in [0.25, 0.3) is 0 Å². The molecule has 3 aliphatic carbocycles. The van der Waals surface area contributed by atoms with E-state index in [1.54, 1.807) is 0 Å². The van der Waals surface area contributed by atoms with Crippen molar-refractivity contribution in [1.29, 1.82) is 0 Å². The molecule has 238 valence electrons. The van der Waals surface area contributed by atoms with Gasteiger partial charge in [0, 0.05) is 34.1 Å². The predicted octanol–water partition coefficient (Wildman–Crippen LogP) is 10.4. The first-order chi connectivity index (χ1) is 20.3. The van der Waals surface area contributed by atoms with Crippen LogP contribution in [-0.2, 0) is 0 Å². The summed E-state index contributed by atoms with van der Waals surface area (Å²) < 4.78 is 26.8. The van der Waals surface area contributed by atoms with Crippen molar-refractivity contribution in [2.45, 2.75) is 94.9 Å². The van der Waals surface area contributed by atoms with E-state index in [-0.39, 0.29) is 33.5 Å². The fourth-order valence-corrected chi connectivity index (χ4v) is 6.01. The quantitative estimate of drug-likeness (QED) is 0.178. The molecule has 0 saturated carbocycles. The molecule has 4 heteroatoms. The van der Waals surface area contributed by atoms with Gasteiger partial charge in [0.25, 0.3) is 0 Å². The lowest BCUT2D eigenvalue weighted by molar-refractivity contribution is 0.185. The van der Waals surface area contributed by atoms with Gasteiger partial charge in [-0.1, -0.05) is 107 Å². The molecule has 4 nitrogen and oxygen atoms in total. The molecule has 3 aliphatic rings. The first-order valence-electron chi connectivity index (χ1n) is 16.3. The Hall–Kier alpha value is -3.14. The third kappa shape index (κ3) is 6.90. The topological polar surface area (TPSA) is 36.9 Å². The Balaban J connectivity index is 1.78. The smallest absolute Gasteiger partial charge is 0.124 e. The summed E-state index contributed by atoms with van der Waals surface area (Å²) in [7, 11) is 0. The van der Waals surface area contributed by atoms with Crippen LogP contribution in [0.1, 0.15) is 128 Å². The highest BCUT2D eigenvalue weighted by Gasteiger charge is 2.48. The van der Waals surface area contributed by atoms with Crippen molar-refractivity contribution in [3.8, 4) is 23.0 Å². The molecule has 0 aliphatic heterocycles. The Bertz CT molecular complexity index is 1300. The van der Waals surface area contributed by atoms with Crippen LogP contribution in [0.4, 0.5) is 0 Å². The minimum Gasteiger partial charge on any atom is -0.493 e. The van der Waals surface area contributed by atoms with E-state index in [1.807, 2.05) is 0 Å². The van der Waals surface area contributed by atoms with Gasteiger partial charge in [-0.15, -0.1) is 0 Å². The van der Waals surface area contributed by atoms with E-state index < -0.39 is 0 Å². The van der Waals surface area contributed by atoms with Crippen molar-refractivity contribution in [1.82, 2.24) is 0 Å². The lowest BCUT2D eigenvalue weighted by Crippen LogP contribution is -2.31. The van der Waals surface area contributed by atoms with E-state index in [0.717, 1.165) is 23.0 Å². The molecule has 44 heavy (non-hydrogen) atoms. The zero-order valence-electron chi connectivity index (χ0n) is 29.2. The van der Waals surface area contributed by atoms with E-state index in [4.69, 9.17) is 18.9 Å². The highest BCUT2D eigenvalue weighted by Crippen LogP contribution is 2.64. The fraction of sp³-hybridized carbons (Fsp3) is 0.550. The first kappa shape index (κ1) is 32.3. The molecule has 0 N–H and O–H groups in total. The Morgan fingerprint density at radius 3 is 0.818 bits per heavy atom. The Morgan fingerprint density at radius 1 is 0.386 bits per heavy atom. The Labute approximate surface area is 266 Å². The highest BCUT2D eigenvalue weighted by atomic mass is 16.5. The molecule has 0 unspecified atom stereocenters. The standard InChI is InChI=1S/C40H54O4/c1-37(2,3)21-41-27-17-18-28(42-22-38(4,5)6)34-32-26-16-14-13-15-25(26)31(33(27)34)35-29(43-23-39(7,8)9)19-20-30(36(32)35)44-24-40(10,11)12/h13-20,31-32H,21-24H2,1-12H3. The summed E-state index contributed by atoms with van der Waals surface area (Å²) in [6.07, 6.45) is 0. The van der Waals surface area contributed by atoms with Crippen molar-refractivity contribution in [3.05, 3.63) is 81.9 Å². The van der Waals surface area contributed by atoms with Crippen molar-refractivity contribution < 1.29 is 18.9 Å². The van der Waals surface area contributed by atoms with Crippen LogP contribution >= 0.6 is 0 Å². The van der Waals surface area contributed by atoms with Crippen molar-refractivity contribution in [2.75, 3.05) is 26.4 Å². The summed E-state index contributed by atoms with van der Waals surface area (Å²) >= 11 is 0. The molecule has 0 saturated heterocycles. The van der Waals surface area contributed by atoms with Gasteiger partial charge in [-0.25, -0.2) is 0 Å². The molecule has 0 amide bonds. The average molecular weight is 599 g/mol. The second kappa shape index (κ2) is 11.3. The maximum atomic E-state index is 6.70. The van der Waals surface area contributed by atoms with E-state index in [1.165, 1.54) is 33.4 Å². The van der Waals surface area contributed by atoms with Crippen LogP contribution in [0.15, 0.2) is 48.5 Å². The van der Waals surface area contributed by atoms with Gasteiger partial charge in [0.1, 0.15) is 23.0 Å². The lowest BCUT2D eigenvalue weighted by Gasteiger charge is -2.45. The monoisotopic (exact) mass is 598 g/mol. The highest BCUT2D eigenvalue weighted by molar-refractivity contribution is 5.77. The van der Waals surface area contributed by atoms with Crippen molar-refractivity contribution >= 4 is 0 Å². The Morgan fingerprint density at radius 2 is 0.614 bits per heavy atom. The van der Waals surface area contributed by atoms with Gasteiger partial charge in [-0.3, -0.25) is 0 Å². The maximum absolute atomic E-state index is 6.70. The first-order valence-corrected chi connectivity index (χ1v) is 16.3. The molecule has 0 aromatic heterocycles. The zero-order chi connectivity index (χ0) is 32.2. The van der Waals surface area contributed by atoms with Crippen LogP contribution in [0, 0.1) is 21.7 Å². The van der Waals surface area contributed by atoms with Crippen LogP contribution in [0.3, 0.4) is 0 Å². The maximum Gasteiger partial charge on any atom is 0.124 e. The summed E-state index contributed by atoms with van der Waals surface area (Å²) in [5.41, 5.74) is 7.49. The number of benzene rings is 3. The van der Waals surface area contributed by atoms with E-state index in [9.17, 15) is 0 Å². The minimum atomic E-state index is -0.0671. The molecule has 0 radical (unpaired) electrons. The molecule has 2 bridgehead atoms. The lowest BCUT2D eigenvalue weighted by atomic mass is 9.60. The summed E-state index contributed by atoms with van der Waals surface area (Å²) in [5.74, 6) is 3.57. The van der Waals surface area contributed by atoms with Crippen LogP contribution in [0.5, 0.6) is 23.0 Å². The van der Waals surface area contributed by atoms with Gasteiger partial charge < -0.3 is 18.9 Å². The largest absolute Gasteiger partial charge is 0.493 e. The normalized spacial score (nSPS) is 17.5. The second-order valence-corrected chi connectivity index (χ2v) is 17.7. The van der Waals surface area contributed by atoms with E-state index >= 15 is 0 Å². The molecule has 6 rings (SSSR count). The SMILES string of the molecule is CC(C)(C)COc1ccc(OCC(C)(C)C)c2c1C1c3ccccc3C2c2c(OCC(C)(C)C)ccc(OCC(C)(C)C)c21. The number of rotatable bonds is 8. The minimum absolute atomic E-state index is 0.0206. The summed E-state index contributed by atoms with van der Waals surface area (Å²) in [5, 5.41) is 0. The Kier molecular flexibility index (Phi) is 8.31. The van der Waals surface area contributed by atoms with Crippen molar-refractivity contribution in [2.24, 2.45) is 21.7 Å². The molecular formula is C40H54O4. The fourth-order valence-electron chi connectivity index (χ4n) is 6.01. The van der Waals surface area contributed by atoms with Gasteiger partial charge in [0.05, 0.1) is 26.4 Å². The van der Waals surface area contributed by atoms with Gasteiger partial charge in [-0.05, 0) is 57.1 Å². The number of hydrogen-bond donors (Lipinski definition) is 0. The van der Waals surface area contributed by atoms with E-state index in [0.29, 0.717) is 26.4 Å². The molecule has 0 heterocycles. The summed E-state index contributed by atoms with van der Waals surface area (Å²) in [6, 6.07) is 17.4. The third-order valence-electron chi connectivity index (χ3n) is 7.83. The van der Waals surface area contributed by atoms with Crippen LogP contribution in [0.2, 0.25) is 0 Å². The summed E-state index contributed by atoms with van der Waals surface area (Å²) in [6.45, 7) is 29.1. The van der Waals surface area contributed by atoms with E-state index in [2.05, 4.69) is 132 Å². The molecule has 3 aromatic carbocycles. The molecular weight excluding hydrogens is 544 g/mol. The van der Waals surface area contributed by atoms with Gasteiger partial charge in [-0.2, -0.15) is 0 Å². The third-order valence-corrected chi connectivity index (χ3v) is 7.83. The predicted molar refractivity (Wildman–Crippen MR) is 181 cm³/mol. The van der Waals surface area contributed by atoms with Gasteiger partial charge in [0.15, 0.2) is 0 Å². The van der Waals surface area contributed by atoms with Crippen molar-refractivity contribution in [3.63, 3.8) is 0 Å². The van der Waals surface area contributed by atoms with Crippen LogP contribution in [-0.4, -0.2) is 26.4 Å². The molecule has 0 atom stereocenters. The van der Waals surface area contributed by atoms with Gasteiger partial charge >= 0.3 is 0 Å². The molecule has 0 fully saturated rings. The van der Waals surface area contributed by atoms with Gasteiger partial charge in [0.2, 0.25) is 0 Å². The average Bonchev–Trinajstić information content (AvgIpc) is 2.90. The number of ether oxygens (including phenoxy) is 4. The second-order valence-electron chi connectivity index (χ2n) is 17.7.